The first-order valence-electron chi connectivity index (χ1n) is 9.82. The minimum absolute atomic E-state index is 0.0497. The number of rotatable bonds is 5. The molecule has 1 aliphatic rings. The number of benzene rings is 2. The summed E-state index contributed by atoms with van der Waals surface area (Å²) >= 11 is 3.43. The maximum atomic E-state index is 12.7. The van der Waals surface area contributed by atoms with E-state index >= 15 is 0 Å². The quantitative estimate of drug-likeness (QED) is 0.593. The number of carbonyl (C=O) groups is 2. The zero-order valence-electron chi connectivity index (χ0n) is 16.6. The average molecular weight is 454 g/mol. The van der Waals surface area contributed by atoms with E-state index in [1.165, 1.54) is 16.5 Å². The molecule has 5 nitrogen and oxygen atoms in total. The largest absolute Gasteiger partial charge is 0.361 e. The zero-order valence-corrected chi connectivity index (χ0v) is 18.2. The van der Waals surface area contributed by atoms with Gasteiger partial charge in [0.05, 0.1) is 5.92 Å². The number of H-pyrrole nitrogens is 1. The first-order valence-corrected chi connectivity index (χ1v) is 10.6. The smallest absolute Gasteiger partial charge is 0.229 e. The molecule has 2 aromatic carbocycles. The maximum absolute atomic E-state index is 12.7. The molecule has 6 heteroatoms. The molecule has 0 radical (unpaired) electrons. The van der Waals surface area contributed by atoms with E-state index in [0.29, 0.717) is 13.1 Å². The lowest BCUT2D eigenvalue weighted by Gasteiger charge is -2.17. The van der Waals surface area contributed by atoms with Gasteiger partial charge in [-0.3, -0.25) is 9.59 Å². The first-order chi connectivity index (χ1) is 13.9. The minimum Gasteiger partial charge on any atom is -0.361 e. The Hall–Kier alpha value is -2.60. The van der Waals surface area contributed by atoms with Crippen LogP contribution >= 0.6 is 15.9 Å². The molecule has 150 valence electrons. The Morgan fingerprint density at radius 1 is 1.24 bits per heavy atom. The molecule has 1 aromatic heterocycles. The van der Waals surface area contributed by atoms with Crippen molar-refractivity contribution in [2.45, 2.75) is 26.7 Å². The summed E-state index contributed by atoms with van der Waals surface area (Å²) < 4.78 is 0.975. The fraction of sp³-hybridized carbons (Fsp3) is 0.304. The summed E-state index contributed by atoms with van der Waals surface area (Å²) in [5, 5.41) is 4.18. The number of nitrogens with zero attached hydrogens (tertiary/aromatic N) is 1. The Balaban J connectivity index is 1.38. The molecular weight excluding hydrogens is 430 g/mol. The van der Waals surface area contributed by atoms with Crippen LogP contribution in [0.4, 0.5) is 5.69 Å². The molecule has 2 heterocycles. The van der Waals surface area contributed by atoms with Crippen molar-refractivity contribution >= 4 is 44.3 Å². The first kappa shape index (κ1) is 19.7. The number of likely N-dealkylation sites (tertiary alicyclic amines) is 1. The fourth-order valence-electron chi connectivity index (χ4n) is 3.92. The van der Waals surface area contributed by atoms with Gasteiger partial charge in [0.25, 0.3) is 0 Å². The summed E-state index contributed by atoms with van der Waals surface area (Å²) in [7, 11) is 0. The van der Waals surface area contributed by atoms with Crippen LogP contribution in [0.2, 0.25) is 0 Å². The Morgan fingerprint density at radius 2 is 2.07 bits per heavy atom. The summed E-state index contributed by atoms with van der Waals surface area (Å²) in [6, 6.07) is 12.1. The van der Waals surface area contributed by atoms with E-state index < -0.39 is 0 Å². The number of hydrogen-bond donors (Lipinski definition) is 2. The van der Waals surface area contributed by atoms with E-state index in [0.717, 1.165) is 27.7 Å². The van der Waals surface area contributed by atoms with Crippen molar-refractivity contribution in [3.05, 3.63) is 63.8 Å². The van der Waals surface area contributed by atoms with Gasteiger partial charge in [-0.15, -0.1) is 0 Å². The van der Waals surface area contributed by atoms with Gasteiger partial charge in [-0.1, -0.05) is 27.6 Å². The molecule has 1 fully saturated rings. The van der Waals surface area contributed by atoms with Crippen LogP contribution in [-0.4, -0.2) is 34.8 Å². The van der Waals surface area contributed by atoms with E-state index in [1.807, 2.05) is 36.2 Å². The second-order valence-electron chi connectivity index (χ2n) is 7.80. The normalized spacial score (nSPS) is 16.6. The standard InChI is InChI=1S/C23H24BrN3O2/c1-14-3-5-21-19(9-14)16(12-25-21)7-8-27-13-17(11-22(27)28)23(29)26-20-6-4-18(24)10-15(20)2/h3-6,9-10,12,17,25H,7-8,11,13H2,1-2H3,(H,26,29)/t17-/m0/s1. The van der Waals surface area contributed by atoms with Crippen molar-refractivity contribution in [2.75, 3.05) is 18.4 Å². The number of anilines is 1. The molecule has 0 aliphatic carbocycles. The number of hydrogen-bond acceptors (Lipinski definition) is 2. The van der Waals surface area contributed by atoms with Crippen LogP contribution in [0.1, 0.15) is 23.1 Å². The van der Waals surface area contributed by atoms with Crippen molar-refractivity contribution < 1.29 is 9.59 Å². The third kappa shape index (κ3) is 4.22. The number of carbonyl (C=O) groups excluding carboxylic acids is 2. The number of aryl methyl sites for hydroxylation is 2. The third-order valence-corrected chi connectivity index (χ3v) is 6.10. The Morgan fingerprint density at radius 3 is 2.86 bits per heavy atom. The van der Waals surface area contributed by atoms with Gasteiger partial charge >= 0.3 is 0 Å². The van der Waals surface area contributed by atoms with Gasteiger partial charge in [-0.25, -0.2) is 0 Å². The number of aromatic nitrogens is 1. The number of fused-ring (bicyclic) bond motifs is 1. The second kappa shape index (κ2) is 8.03. The lowest BCUT2D eigenvalue weighted by atomic mass is 10.1. The Bertz CT molecular complexity index is 1090. The molecular formula is C23H24BrN3O2. The van der Waals surface area contributed by atoms with Gasteiger partial charge in [0, 0.05) is 46.8 Å². The van der Waals surface area contributed by atoms with Gasteiger partial charge in [0.2, 0.25) is 11.8 Å². The van der Waals surface area contributed by atoms with Crippen molar-refractivity contribution in [3.8, 4) is 0 Å². The highest BCUT2D eigenvalue weighted by Gasteiger charge is 2.34. The molecule has 0 saturated carbocycles. The van der Waals surface area contributed by atoms with E-state index in [2.05, 4.69) is 51.4 Å². The molecule has 1 saturated heterocycles. The molecule has 0 unspecified atom stereocenters. The van der Waals surface area contributed by atoms with Crippen molar-refractivity contribution in [1.29, 1.82) is 0 Å². The van der Waals surface area contributed by atoms with Gasteiger partial charge in [-0.2, -0.15) is 0 Å². The SMILES string of the molecule is Cc1ccc2[nH]cc(CCN3C[C@@H](C(=O)Nc4ccc(Br)cc4C)CC3=O)c2c1. The van der Waals surface area contributed by atoms with Crippen LogP contribution in [0.25, 0.3) is 10.9 Å². The van der Waals surface area contributed by atoms with Gasteiger partial charge in [0.15, 0.2) is 0 Å². The van der Waals surface area contributed by atoms with E-state index in [1.54, 1.807) is 0 Å². The monoisotopic (exact) mass is 453 g/mol. The van der Waals surface area contributed by atoms with Crippen molar-refractivity contribution in [2.24, 2.45) is 5.92 Å². The second-order valence-corrected chi connectivity index (χ2v) is 8.72. The predicted octanol–water partition coefficient (Wildman–Crippen LogP) is 4.58. The number of aromatic amines is 1. The van der Waals surface area contributed by atoms with Crippen LogP contribution in [0.3, 0.4) is 0 Å². The predicted molar refractivity (Wildman–Crippen MR) is 119 cm³/mol. The summed E-state index contributed by atoms with van der Waals surface area (Å²) in [5.41, 5.74) is 5.31. The summed E-state index contributed by atoms with van der Waals surface area (Å²) in [5.74, 6) is -0.349. The summed E-state index contributed by atoms with van der Waals surface area (Å²) in [6.07, 6.45) is 3.06. The lowest BCUT2D eigenvalue weighted by molar-refractivity contribution is -0.128. The van der Waals surface area contributed by atoms with Crippen molar-refractivity contribution in [1.82, 2.24) is 9.88 Å². The highest BCUT2D eigenvalue weighted by Crippen LogP contribution is 2.25. The van der Waals surface area contributed by atoms with Gasteiger partial charge in [0.1, 0.15) is 0 Å². The lowest BCUT2D eigenvalue weighted by Crippen LogP contribution is -2.30. The van der Waals surface area contributed by atoms with Crippen LogP contribution in [0, 0.1) is 19.8 Å². The highest BCUT2D eigenvalue weighted by molar-refractivity contribution is 9.10. The molecule has 3 aromatic rings. The molecule has 2 amide bonds. The number of nitrogens with one attached hydrogen (secondary N) is 2. The molecule has 0 bridgehead atoms. The van der Waals surface area contributed by atoms with E-state index in [-0.39, 0.29) is 24.2 Å². The molecule has 1 atom stereocenters. The minimum atomic E-state index is -0.309. The molecule has 1 aliphatic heterocycles. The zero-order chi connectivity index (χ0) is 20.5. The molecule has 4 rings (SSSR count). The topological polar surface area (TPSA) is 65.2 Å². The molecule has 29 heavy (non-hydrogen) atoms. The van der Waals surface area contributed by atoms with Crippen molar-refractivity contribution in [3.63, 3.8) is 0 Å². The summed E-state index contributed by atoms with van der Waals surface area (Å²) in [4.78, 5) is 30.3. The van der Waals surface area contributed by atoms with Crippen LogP contribution in [-0.2, 0) is 16.0 Å². The van der Waals surface area contributed by atoms with E-state index in [4.69, 9.17) is 0 Å². The molecule has 0 spiro atoms. The maximum Gasteiger partial charge on any atom is 0.229 e. The molecule has 2 N–H and O–H groups in total. The van der Waals surface area contributed by atoms with Crippen LogP contribution < -0.4 is 5.32 Å². The highest BCUT2D eigenvalue weighted by atomic mass is 79.9. The Labute approximate surface area is 178 Å². The Kier molecular flexibility index (Phi) is 5.46. The van der Waals surface area contributed by atoms with E-state index in [9.17, 15) is 9.59 Å². The average Bonchev–Trinajstić information content (AvgIpc) is 3.25. The fourth-order valence-corrected chi connectivity index (χ4v) is 4.40. The van der Waals surface area contributed by atoms with Gasteiger partial charge < -0.3 is 15.2 Å². The summed E-state index contributed by atoms with van der Waals surface area (Å²) in [6.45, 7) is 5.13. The number of halogens is 1. The third-order valence-electron chi connectivity index (χ3n) is 5.61. The van der Waals surface area contributed by atoms with Gasteiger partial charge in [-0.05, 0) is 61.7 Å². The van der Waals surface area contributed by atoms with Crippen LogP contribution in [0.15, 0.2) is 47.1 Å². The van der Waals surface area contributed by atoms with Crippen LogP contribution in [0.5, 0.6) is 0 Å². The number of amides is 2.